The molecule has 3 rings (SSSR count). The number of rotatable bonds is 4. The highest BCUT2D eigenvalue weighted by Crippen LogP contribution is 2.41. The van der Waals surface area contributed by atoms with E-state index in [2.05, 4.69) is 40.3 Å². The molecule has 2 heterocycles. The first-order chi connectivity index (χ1) is 9.29. The van der Waals surface area contributed by atoms with Crippen molar-refractivity contribution in [1.29, 1.82) is 0 Å². The van der Waals surface area contributed by atoms with Crippen molar-refractivity contribution in [2.24, 2.45) is 0 Å². The standard InChI is InChI=1S/C15H16BrNO2/c1-2-17-15(13-7-8-14(16)19-13)11-9-18-12-6-4-3-5-10(11)12/h3-8,11,15,17H,2,9H2,1H3. The average Bonchev–Trinajstić information content (AvgIpc) is 3.03. The third-order valence-corrected chi connectivity index (χ3v) is 3.89. The molecule has 0 spiro atoms. The maximum absolute atomic E-state index is 5.77. The van der Waals surface area contributed by atoms with Gasteiger partial charge >= 0.3 is 0 Å². The Labute approximate surface area is 121 Å². The lowest BCUT2D eigenvalue weighted by Crippen LogP contribution is -2.27. The van der Waals surface area contributed by atoms with Crippen molar-refractivity contribution in [3.63, 3.8) is 0 Å². The third kappa shape index (κ3) is 2.42. The summed E-state index contributed by atoms with van der Waals surface area (Å²) in [4.78, 5) is 0. The summed E-state index contributed by atoms with van der Waals surface area (Å²) < 4.78 is 12.3. The smallest absolute Gasteiger partial charge is 0.169 e. The van der Waals surface area contributed by atoms with Crippen LogP contribution < -0.4 is 10.1 Å². The third-order valence-electron chi connectivity index (χ3n) is 3.46. The quantitative estimate of drug-likeness (QED) is 0.928. The number of hydrogen-bond donors (Lipinski definition) is 1. The van der Waals surface area contributed by atoms with E-state index in [4.69, 9.17) is 9.15 Å². The number of benzene rings is 1. The molecule has 0 aliphatic carbocycles. The van der Waals surface area contributed by atoms with Crippen LogP contribution in [0.25, 0.3) is 0 Å². The topological polar surface area (TPSA) is 34.4 Å². The second-order valence-corrected chi connectivity index (χ2v) is 5.41. The Morgan fingerprint density at radius 2 is 2.16 bits per heavy atom. The monoisotopic (exact) mass is 321 g/mol. The van der Waals surface area contributed by atoms with Gasteiger partial charge in [-0.3, -0.25) is 0 Å². The molecule has 0 saturated carbocycles. The zero-order chi connectivity index (χ0) is 13.2. The number of furan rings is 1. The first kappa shape index (κ1) is 12.8. The molecule has 19 heavy (non-hydrogen) atoms. The Hall–Kier alpha value is -1.26. The highest BCUT2D eigenvalue weighted by atomic mass is 79.9. The Morgan fingerprint density at radius 3 is 2.89 bits per heavy atom. The normalized spacial score (nSPS) is 18.9. The predicted molar refractivity (Wildman–Crippen MR) is 77.5 cm³/mol. The summed E-state index contributed by atoms with van der Waals surface area (Å²) in [6, 6.07) is 12.3. The lowest BCUT2D eigenvalue weighted by molar-refractivity contribution is 0.282. The summed E-state index contributed by atoms with van der Waals surface area (Å²) >= 11 is 3.37. The first-order valence-electron chi connectivity index (χ1n) is 6.50. The Balaban J connectivity index is 1.94. The van der Waals surface area contributed by atoms with Crippen LogP contribution in [0.5, 0.6) is 5.75 Å². The summed E-state index contributed by atoms with van der Waals surface area (Å²) in [6.45, 7) is 3.68. The Kier molecular flexibility index (Phi) is 3.62. The summed E-state index contributed by atoms with van der Waals surface area (Å²) in [6.07, 6.45) is 0. The number of hydrogen-bond acceptors (Lipinski definition) is 3. The van der Waals surface area contributed by atoms with Gasteiger partial charge in [-0.1, -0.05) is 25.1 Å². The van der Waals surface area contributed by atoms with Gasteiger partial charge in [0, 0.05) is 11.5 Å². The lowest BCUT2D eigenvalue weighted by Gasteiger charge is -2.21. The van der Waals surface area contributed by atoms with E-state index in [1.807, 2.05) is 24.3 Å². The molecule has 0 radical (unpaired) electrons. The molecule has 1 aliphatic rings. The molecule has 0 saturated heterocycles. The molecule has 0 bridgehead atoms. The van der Waals surface area contributed by atoms with Crippen LogP contribution in [0.3, 0.4) is 0 Å². The number of fused-ring (bicyclic) bond motifs is 1. The van der Waals surface area contributed by atoms with Gasteiger partial charge in [-0.25, -0.2) is 0 Å². The molecule has 1 aromatic heterocycles. The summed E-state index contributed by atoms with van der Waals surface area (Å²) in [5.41, 5.74) is 1.25. The largest absolute Gasteiger partial charge is 0.493 e. The minimum absolute atomic E-state index is 0.139. The number of halogens is 1. The molecule has 1 aliphatic heterocycles. The predicted octanol–water partition coefficient (Wildman–Crippen LogP) is 3.87. The van der Waals surface area contributed by atoms with Gasteiger partial charge in [0.1, 0.15) is 11.5 Å². The molecule has 2 aromatic rings. The van der Waals surface area contributed by atoms with Gasteiger partial charge in [-0.15, -0.1) is 0 Å². The maximum atomic E-state index is 5.77. The number of ether oxygens (including phenoxy) is 1. The van der Waals surface area contributed by atoms with E-state index < -0.39 is 0 Å². The van der Waals surface area contributed by atoms with E-state index >= 15 is 0 Å². The number of nitrogens with one attached hydrogen (secondary N) is 1. The number of para-hydroxylation sites is 1. The summed E-state index contributed by atoms with van der Waals surface area (Å²) in [5.74, 6) is 2.22. The molecule has 0 fully saturated rings. The minimum atomic E-state index is 0.139. The molecule has 2 atom stereocenters. The van der Waals surface area contributed by atoms with Crippen LogP contribution in [0, 0.1) is 0 Å². The van der Waals surface area contributed by atoms with Crippen molar-refractivity contribution in [2.75, 3.05) is 13.2 Å². The number of likely N-dealkylation sites (N-methyl/N-ethyl adjacent to an activating group) is 1. The van der Waals surface area contributed by atoms with E-state index in [-0.39, 0.29) is 12.0 Å². The van der Waals surface area contributed by atoms with Gasteiger partial charge in [0.25, 0.3) is 0 Å². The van der Waals surface area contributed by atoms with Crippen LogP contribution in [0.15, 0.2) is 45.5 Å². The summed E-state index contributed by atoms with van der Waals surface area (Å²) in [7, 11) is 0. The first-order valence-corrected chi connectivity index (χ1v) is 7.29. The lowest BCUT2D eigenvalue weighted by atomic mass is 9.91. The molecule has 3 nitrogen and oxygen atoms in total. The van der Waals surface area contributed by atoms with Crippen molar-refractivity contribution >= 4 is 15.9 Å². The van der Waals surface area contributed by atoms with Gasteiger partial charge < -0.3 is 14.5 Å². The zero-order valence-corrected chi connectivity index (χ0v) is 12.3. The highest BCUT2D eigenvalue weighted by Gasteiger charge is 2.33. The maximum Gasteiger partial charge on any atom is 0.169 e. The SMILES string of the molecule is CCNC(c1ccc(Br)o1)C1COc2ccccc21. The van der Waals surface area contributed by atoms with E-state index in [1.54, 1.807) is 0 Å². The molecule has 1 aromatic carbocycles. The van der Waals surface area contributed by atoms with Gasteiger partial charge in [0.05, 0.1) is 12.6 Å². The van der Waals surface area contributed by atoms with E-state index in [0.717, 1.165) is 22.7 Å². The minimum Gasteiger partial charge on any atom is -0.493 e. The Bertz CT molecular complexity index is 567. The molecule has 2 unspecified atom stereocenters. The van der Waals surface area contributed by atoms with Crippen LogP contribution >= 0.6 is 15.9 Å². The van der Waals surface area contributed by atoms with Crippen molar-refractivity contribution in [1.82, 2.24) is 5.32 Å². The molecule has 100 valence electrons. The van der Waals surface area contributed by atoms with Crippen LogP contribution in [-0.4, -0.2) is 13.2 Å². The van der Waals surface area contributed by atoms with E-state index in [0.29, 0.717) is 6.61 Å². The van der Waals surface area contributed by atoms with Crippen LogP contribution in [0.2, 0.25) is 0 Å². The molecule has 1 N–H and O–H groups in total. The second kappa shape index (κ2) is 5.39. The van der Waals surface area contributed by atoms with Crippen molar-refractivity contribution < 1.29 is 9.15 Å². The fraction of sp³-hybridized carbons (Fsp3) is 0.333. The van der Waals surface area contributed by atoms with Crippen LogP contribution in [0.4, 0.5) is 0 Å². The van der Waals surface area contributed by atoms with Gasteiger partial charge in [0.15, 0.2) is 4.67 Å². The molecular weight excluding hydrogens is 306 g/mol. The fourth-order valence-corrected chi connectivity index (χ4v) is 2.94. The summed E-state index contributed by atoms with van der Waals surface area (Å²) in [5, 5.41) is 3.50. The zero-order valence-electron chi connectivity index (χ0n) is 10.7. The van der Waals surface area contributed by atoms with E-state index in [9.17, 15) is 0 Å². The molecule has 4 heteroatoms. The average molecular weight is 322 g/mol. The van der Waals surface area contributed by atoms with Gasteiger partial charge in [0.2, 0.25) is 0 Å². The Morgan fingerprint density at radius 1 is 1.32 bits per heavy atom. The van der Waals surface area contributed by atoms with E-state index in [1.165, 1.54) is 5.56 Å². The molecule has 0 amide bonds. The van der Waals surface area contributed by atoms with Gasteiger partial charge in [-0.2, -0.15) is 0 Å². The molecular formula is C15H16BrNO2. The van der Waals surface area contributed by atoms with Crippen molar-refractivity contribution in [3.05, 3.63) is 52.4 Å². The van der Waals surface area contributed by atoms with Crippen LogP contribution in [-0.2, 0) is 0 Å². The van der Waals surface area contributed by atoms with Gasteiger partial charge in [-0.05, 0) is 40.7 Å². The highest BCUT2D eigenvalue weighted by molar-refractivity contribution is 9.10. The van der Waals surface area contributed by atoms with Crippen molar-refractivity contribution in [3.8, 4) is 5.75 Å². The van der Waals surface area contributed by atoms with Crippen molar-refractivity contribution in [2.45, 2.75) is 18.9 Å². The van der Waals surface area contributed by atoms with Crippen LogP contribution in [0.1, 0.15) is 30.2 Å². The second-order valence-electron chi connectivity index (χ2n) is 4.63. The fourth-order valence-electron chi connectivity index (χ4n) is 2.62.